The van der Waals surface area contributed by atoms with Gasteiger partial charge in [0.25, 0.3) is 0 Å². The summed E-state index contributed by atoms with van der Waals surface area (Å²) in [6.45, 7) is 4.83. The van der Waals surface area contributed by atoms with E-state index in [4.69, 9.17) is 0 Å². The first-order valence-corrected chi connectivity index (χ1v) is 8.72. The molecule has 0 N–H and O–H groups in total. The molecule has 0 radical (unpaired) electrons. The molecule has 0 unspecified atom stereocenters. The van der Waals surface area contributed by atoms with E-state index in [0.29, 0.717) is 13.0 Å². The lowest BCUT2D eigenvalue weighted by atomic mass is 9.99. The fourth-order valence-corrected chi connectivity index (χ4v) is 3.13. The lowest BCUT2D eigenvalue weighted by Crippen LogP contribution is -2.34. The van der Waals surface area contributed by atoms with Crippen molar-refractivity contribution < 1.29 is 4.79 Å². The molecule has 0 fully saturated rings. The first-order chi connectivity index (χ1) is 11.6. The molecule has 0 aromatic heterocycles. The molecule has 1 heterocycles. The van der Waals surface area contributed by atoms with Crippen LogP contribution in [0.3, 0.4) is 0 Å². The van der Waals surface area contributed by atoms with Crippen LogP contribution in [0.25, 0.3) is 0 Å². The van der Waals surface area contributed by atoms with Gasteiger partial charge in [-0.3, -0.25) is 4.79 Å². The largest absolute Gasteiger partial charge is 0.328 e. The molecule has 2 heteroatoms. The molecule has 2 nitrogen and oxygen atoms in total. The molecule has 3 rings (SSSR count). The van der Waals surface area contributed by atoms with Gasteiger partial charge in [-0.2, -0.15) is 0 Å². The summed E-state index contributed by atoms with van der Waals surface area (Å²) in [5, 5.41) is 0. The van der Waals surface area contributed by atoms with Crippen molar-refractivity contribution in [2.75, 3.05) is 0 Å². The minimum absolute atomic E-state index is 0.0136. The Kier molecular flexibility index (Phi) is 5.14. The van der Waals surface area contributed by atoms with Gasteiger partial charge in [0.15, 0.2) is 0 Å². The molecular formula is C22H25NO. The van der Waals surface area contributed by atoms with Crippen molar-refractivity contribution in [2.45, 2.75) is 45.7 Å². The number of rotatable bonds is 3. The minimum Gasteiger partial charge on any atom is -0.328 e. The Morgan fingerprint density at radius 1 is 0.958 bits per heavy atom. The van der Waals surface area contributed by atoms with E-state index in [9.17, 15) is 4.79 Å². The minimum atomic E-state index is 0.0136. The molecule has 1 amide bonds. The second kappa shape index (κ2) is 7.48. The summed E-state index contributed by atoms with van der Waals surface area (Å²) in [5.41, 5.74) is 4.84. The highest BCUT2D eigenvalue weighted by Crippen LogP contribution is 2.28. The third kappa shape index (κ3) is 3.94. The number of aryl methyl sites for hydroxylation is 2. The van der Waals surface area contributed by atoms with Crippen LogP contribution in [0.5, 0.6) is 0 Å². The van der Waals surface area contributed by atoms with Crippen LogP contribution < -0.4 is 0 Å². The molecule has 1 atom stereocenters. The normalized spacial score (nSPS) is 19.7. The standard InChI is InChI=1S/C22H25NO/c1-17-8-12-19(13-9-17)16-23-21(6-4-3-5-7-22(23)24)20-14-10-18(2)11-15-20/h4,6,8-15,21H,3,5,7,16H2,1-2H3/b6-4-/t21-/m1/s1. The van der Waals surface area contributed by atoms with Crippen molar-refractivity contribution >= 4 is 5.91 Å². The number of nitrogens with zero attached hydrogens (tertiary/aromatic N) is 1. The van der Waals surface area contributed by atoms with E-state index in [1.54, 1.807) is 0 Å². The van der Waals surface area contributed by atoms with Crippen LogP contribution in [-0.2, 0) is 11.3 Å². The van der Waals surface area contributed by atoms with Crippen molar-refractivity contribution in [3.05, 3.63) is 82.9 Å². The second-order valence-corrected chi connectivity index (χ2v) is 6.68. The zero-order valence-electron chi connectivity index (χ0n) is 14.5. The average molecular weight is 319 g/mol. The van der Waals surface area contributed by atoms with E-state index in [0.717, 1.165) is 12.8 Å². The van der Waals surface area contributed by atoms with Crippen LogP contribution in [0.2, 0.25) is 0 Å². The van der Waals surface area contributed by atoms with Gasteiger partial charge in [0.2, 0.25) is 5.91 Å². The lowest BCUT2D eigenvalue weighted by Gasteiger charge is -2.32. The van der Waals surface area contributed by atoms with Gasteiger partial charge in [-0.1, -0.05) is 71.8 Å². The Hall–Kier alpha value is -2.35. The van der Waals surface area contributed by atoms with Crippen molar-refractivity contribution in [1.29, 1.82) is 0 Å². The van der Waals surface area contributed by atoms with E-state index in [-0.39, 0.29) is 11.9 Å². The molecule has 1 aliphatic heterocycles. The van der Waals surface area contributed by atoms with E-state index < -0.39 is 0 Å². The van der Waals surface area contributed by atoms with Crippen LogP contribution in [-0.4, -0.2) is 10.8 Å². The van der Waals surface area contributed by atoms with E-state index >= 15 is 0 Å². The van der Waals surface area contributed by atoms with Crippen molar-refractivity contribution in [3.63, 3.8) is 0 Å². The summed E-state index contributed by atoms with van der Waals surface area (Å²) < 4.78 is 0. The Labute approximate surface area is 144 Å². The fourth-order valence-electron chi connectivity index (χ4n) is 3.13. The molecule has 24 heavy (non-hydrogen) atoms. The van der Waals surface area contributed by atoms with Gasteiger partial charge >= 0.3 is 0 Å². The van der Waals surface area contributed by atoms with Crippen molar-refractivity contribution in [3.8, 4) is 0 Å². The number of amides is 1. The summed E-state index contributed by atoms with van der Waals surface area (Å²) in [7, 11) is 0. The number of benzene rings is 2. The Balaban J connectivity index is 1.93. The highest BCUT2D eigenvalue weighted by Gasteiger charge is 2.24. The van der Waals surface area contributed by atoms with Gasteiger partial charge in [0.05, 0.1) is 6.04 Å². The predicted molar refractivity (Wildman–Crippen MR) is 98.6 cm³/mol. The number of hydrogen-bond donors (Lipinski definition) is 0. The molecule has 0 aliphatic carbocycles. The highest BCUT2D eigenvalue weighted by atomic mass is 16.2. The maximum Gasteiger partial charge on any atom is 0.223 e. The van der Waals surface area contributed by atoms with Crippen LogP contribution in [0.15, 0.2) is 60.7 Å². The van der Waals surface area contributed by atoms with E-state index in [1.165, 1.54) is 22.3 Å². The molecule has 2 aromatic carbocycles. The van der Waals surface area contributed by atoms with Gasteiger partial charge in [-0.15, -0.1) is 0 Å². The predicted octanol–water partition coefficient (Wildman–Crippen LogP) is 5.11. The zero-order valence-corrected chi connectivity index (χ0v) is 14.5. The van der Waals surface area contributed by atoms with Gasteiger partial charge in [0.1, 0.15) is 0 Å². The average Bonchev–Trinajstić information content (AvgIpc) is 2.57. The number of allylic oxidation sites excluding steroid dienone is 1. The van der Waals surface area contributed by atoms with Crippen molar-refractivity contribution in [1.82, 2.24) is 4.90 Å². The highest BCUT2D eigenvalue weighted by molar-refractivity contribution is 5.77. The van der Waals surface area contributed by atoms with Gasteiger partial charge in [0, 0.05) is 13.0 Å². The molecule has 0 spiro atoms. The van der Waals surface area contributed by atoms with Crippen LogP contribution >= 0.6 is 0 Å². The summed E-state index contributed by atoms with van der Waals surface area (Å²) in [4.78, 5) is 14.8. The van der Waals surface area contributed by atoms with Crippen LogP contribution in [0.1, 0.15) is 47.6 Å². The molecule has 0 saturated heterocycles. The molecule has 0 bridgehead atoms. The summed E-state index contributed by atoms with van der Waals surface area (Å²) in [6, 6.07) is 17.0. The van der Waals surface area contributed by atoms with Gasteiger partial charge in [-0.25, -0.2) is 0 Å². The third-order valence-electron chi connectivity index (χ3n) is 4.63. The van der Waals surface area contributed by atoms with Crippen LogP contribution in [0, 0.1) is 13.8 Å². The molecular weight excluding hydrogens is 294 g/mol. The number of carbonyl (C=O) groups excluding carboxylic acids is 1. The summed E-state index contributed by atoms with van der Waals surface area (Å²) >= 11 is 0. The quantitative estimate of drug-likeness (QED) is 0.720. The van der Waals surface area contributed by atoms with Gasteiger partial charge in [-0.05, 0) is 37.8 Å². The first-order valence-electron chi connectivity index (χ1n) is 8.72. The second-order valence-electron chi connectivity index (χ2n) is 6.68. The number of hydrogen-bond acceptors (Lipinski definition) is 1. The molecule has 0 saturated carbocycles. The van der Waals surface area contributed by atoms with Crippen molar-refractivity contribution in [2.24, 2.45) is 0 Å². The van der Waals surface area contributed by atoms with E-state index in [1.807, 2.05) is 4.90 Å². The van der Waals surface area contributed by atoms with E-state index in [2.05, 4.69) is 74.5 Å². The maximum atomic E-state index is 12.8. The Bertz CT molecular complexity index is 713. The maximum absolute atomic E-state index is 12.8. The number of carbonyl (C=O) groups is 1. The van der Waals surface area contributed by atoms with Gasteiger partial charge < -0.3 is 4.90 Å². The fraction of sp³-hybridized carbons (Fsp3) is 0.318. The molecule has 124 valence electrons. The SMILES string of the molecule is Cc1ccc(CN2C(=O)CCC/C=C\[C@@H]2c2ccc(C)cc2)cc1. The molecule has 2 aromatic rings. The Morgan fingerprint density at radius 2 is 1.58 bits per heavy atom. The Morgan fingerprint density at radius 3 is 2.25 bits per heavy atom. The zero-order chi connectivity index (χ0) is 16.9. The lowest BCUT2D eigenvalue weighted by molar-refractivity contribution is -0.133. The molecule has 1 aliphatic rings. The monoisotopic (exact) mass is 319 g/mol. The first kappa shape index (κ1) is 16.5. The summed E-state index contributed by atoms with van der Waals surface area (Å²) in [6.07, 6.45) is 6.94. The smallest absolute Gasteiger partial charge is 0.223 e. The summed E-state index contributed by atoms with van der Waals surface area (Å²) in [5.74, 6) is 0.241. The van der Waals surface area contributed by atoms with Crippen LogP contribution in [0.4, 0.5) is 0 Å². The third-order valence-corrected chi connectivity index (χ3v) is 4.63. The topological polar surface area (TPSA) is 20.3 Å².